The Morgan fingerprint density at radius 3 is 2.67 bits per heavy atom. The third kappa shape index (κ3) is 4.62. The zero-order chi connectivity index (χ0) is 25.4. The number of aromatic nitrogens is 1. The molecule has 2 amide bonds. The van der Waals surface area contributed by atoms with Gasteiger partial charge < -0.3 is 25.2 Å². The van der Waals surface area contributed by atoms with Crippen LogP contribution >= 0.6 is 15.9 Å². The second kappa shape index (κ2) is 10.0. The van der Waals surface area contributed by atoms with E-state index < -0.39 is 4.92 Å². The number of nitro groups is 1. The number of piperidine rings is 1. The quantitative estimate of drug-likeness (QED) is 0.408. The van der Waals surface area contributed by atoms with Crippen molar-refractivity contribution >= 4 is 44.8 Å². The topological polar surface area (TPSA) is 130 Å². The van der Waals surface area contributed by atoms with Crippen molar-refractivity contribution < 1.29 is 19.2 Å². The van der Waals surface area contributed by atoms with E-state index >= 15 is 0 Å². The van der Waals surface area contributed by atoms with Crippen LogP contribution in [0.1, 0.15) is 40.0 Å². The van der Waals surface area contributed by atoms with E-state index in [9.17, 15) is 19.7 Å². The molecule has 2 unspecified atom stereocenters. The van der Waals surface area contributed by atoms with Crippen molar-refractivity contribution in [3.63, 3.8) is 0 Å². The van der Waals surface area contributed by atoms with Gasteiger partial charge in [0.2, 0.25) is 0 Å². The maximum Gasteiger partial charge on any atom is 0.294 e. The summed E-state index contributed by atoms with van der Waals surface area (Å²) in [5.41, 5.74) is 1.48. The molecule has 3 atom stereocenters. The number of rotatable bonds is 6. The Bertz CT molecular complexity index is 1200. The average Bonchev–Trinajstić information content (AvgIpc) is 2.89. The monoisotopic (exact) mass is 558 g/mol. The summed E-state index contributed by atoms with van der Waals surface area (Å²) in [5, 5.41) is 18.2. The van der Waals surface area contributed by atoms with Crippen molar-refractivity contribution in [1.82, 2.24) is 14.8 Å². The van der Waals surface area contributed by atoms with Crippen LogP contribution in [0, 0.1) is 10.1 Å². The summed E-state index contributed by atoms with van der Waals surface area (Å²) in [4.78, 5) is 45.8. The lowest BCUT2D eigenvalue weighted by Crippen LogP contribution is -2.65. The van der Waals surface area contributed by atoms with Crippen LogP contribution in [0.4, 0.5) is 17.1 Å². The van der Waals surface area contributed by atoms with Crippen LogP contribution in [0.2, 0.25) is 0 Å². The molecule has 3 aliphatic heterocycles. The molecule has 2 bridgehead atoms. The standard InChI is InChI=1S/C24H27BrN6O5/c1-26-17-5-14(9-27-10-17)23(32)29-4-2-3-16(11-29)28-22-20(6-15(25)7-21(22)31(34)35)24(33)30-18-8-19(30)13-36-12-18/h5-7,9-10,16,18-19,26,28H,2-4,8,11-13H2,1H3/t16-,18?,19?/m1/s1. The third-order valence-corrected chi connectivity index (χ3v) is 7.48. The highest BCUT2D eigenvalue weighted by Gasteiger charge is 2.46. The number of ether oxygens (including phenoxy) is 1. The summed E-state index contributed by atoms with van der Waals surface area (Å²) < 4.78 is 5.96. The first-order chi connectivity index (χ1) is 17.4. The van der Waals surface area contributed by atoms with Gasteiger partial charge in [0, 0.05) is 49.1 Å². The number of carbonyl (C=O) groups excluding carboxylic acids is 2. The van der Waals surface area contributed by atoms with Crippen LogP contribution in [0.15, 0.2) is 35.1 Å². The number of pyridine rings is 1. The van der Waals surface area contributed by atoms with Crippen molar-refractivity contribution in [3.05, 3.63) is 56.3 Å². The Kier molecular flexibility index (Phi) is 6.80. The van der Waals surface area contributed by atoms with Gasteiger partial charge in [-0.05, 0) is 31.4 Å². The predicted octanol–water partition coefficient (Wildman–Crippen LogP) is 3.12. The molecular weight excluding hydrogens is 532 g/mol. The van der Waals surface area contributed by atoms with E-state index in [1.165, 1.54) is 12.3 Å². The van der Waals surface area contributed by atoms with Gasteiger partial charge >= 0.3 is 0 Å². The van der Waals surface area contributed by atoms with E-state index in [1.807, 2.05) is 0 Å². The molecule has 3 saturated heterocycles. The van der Waals surface area contributed by atoms with Gasteiger partial charge in [0.1, 0.15) is 5.69 Å². The fourth-order valence-electron chi connectivity index (χ4n) is 5.23. The Morgan fingerprint density at radius 1 is 1.19 bits per heavy atom. The number of benzene rings is 1. The number of carbonyl (C=O) groups is 2. The number of halogens is 1. The molecule has 4 heterocycles. The molecule has 1 aromatic carbocycles. The molecule has 3 aliphatic rings. The second-order valence-electron chi connectivity index (χ2n) is 9.34. The summed E-state index contributed by atoms with van der Waals surface area (Å²) >= 11 is 3.33. The van der Waals surface area contributed by atoms with Crippen molar-refractivity contribution in [2.45, 2.75) is 37.4 Å². The summed E-state index contributed by atoms with van der Waals surface area (Å²) in [6.07, 6.45) is 5.49. The van der Waals surface area contributed by atoms with Crippen molar-refractivity contribution in [2.24, 2.45) is 0 Å². The van der Waals surface area contributed by atoms with Gasteiger partial charge in [-0.25, -0.2) is 0 Å². The molecule has 5 rings (SSSR count). The summed E-state index contributed by atoms with van der Waals surface area (Å²) in [6.45, 7) is 1.88. The zero-order valence-electron chi connectivity index (χ0n) is 19.8. The summed E-state index contributed by atoms with van der Waals surface area (Å²) in [5.74, 6) is -0.397. The fraction of sp³-hybridized carbons (Fsp3) is 0.458. The number of morpholine rings is 1. The van der Waals surface area contributed by atoms with E-state index in [4.69, 9.17) is 4.74 Å². The Labute approximate surface area is 216 Å². The van der Waals surface area contributed by atoms with Crippen LogP contribution in [0.3, 0.4) is 0 Å². The molecule has 36 heavy (non-hydrogen) atoms. The Morgan fingerprint density at radius 2 is 1.97 bits per heavy atom. The van der Waals surface area contributed by atoms with Crippen LogP contribution in [0.25, 0.3) is 0 Å². The summed E-state index contributed by atoms with van der Waals surface area (Å²) in [7, 11) is 1.76. The van der Waals surface area contributed by atoms with Crippen LogP contribution < -0.4 is 10.6 Å². The predicted molar refractivity (Wildman–Crippen MR) is 136 cm³/mol. The Hall–Kier alpha value is -3.25. The van der Waals surface area contributed by atoms with Crippen molar-refractivity contribution in [2.75, 3.05) is 44.0 Å². The highest BCUT2D eigenvalue weighted by Crippen LogP contribution is 2.38. The van der Waals surface area contributed by atoms with Crippen molar-refractivity contribution in [3.8, 4) is 0 Å². The number of hydrogen-bond donors (Lipinski definition) is 2. The highest BCUT2D eigenvalue weighted by molar-refractivity contribution is 9.10. The zero-order valence-corrected chi connectivity index (χ0v) is 21.4. The lowest BCUT2D eigenvalue weighted by molar-refractivity contribution is -0.384. The molecule has 1 aromatic heterocycles. The molecule has 0 saturated carbocycles. The van der Waals surface area contributed by atoms with E-state index in [-0.39, 0.29) is 46.9 Å². The molecule has 0 spiro atoms. The minimum atomic E-state index is -0.482. The molecule has 0 radical (unpaired) electrons. The van der Waals surface area contributed by atoms with Crippen LogP contribution in [-0.2, 0) is 4.74 Å². The van der Waals surface area contributed by atoms with Crippen molar-refractivity contribution in [1.29, 1.82) is 0 Å². The number of nitro benzene ring substituents is 1. The largest absolute Gasteiger partial charge is 0.387 e. The first-order valence-electron chi connectivity index (χ1n) is 11.9. The second-order valence-corrected chi connectivity index (χ2v) is 10.3. The lowest BCUT2D eigenvalue weighted by Gasteiger charge is -2.52. The van der Waals surface area contributed by atoms with Gasteiger partial charge in [-0.15, -0.1) is 0 Å². The number of amides is 2. The number of fused-ring (bicyclic) bond motifs is 2. The average molecular weight is 559 g/mol. The number of anilines is 2. The maximum absolute atomic E-state index is 13.6. The van der Waals surface area contributed by atoms with Gasteiger partial charge in [-0.2, -0.15) is 0 Å². The number of nitrogens with zero attached hydrogens (tertiary/aromatic N) is 4. The number of likely N-dealkylation sites (tertiary alicyclic amines) is 1. The van der Waals surface area contributed by atoms with Gasteiger partial charge in [0.25, 0.3) is 17.5 Å². The molecule has 11 nitrogen and oxygen atoms in total. The maximum atomic E-state index is 13.6. The molecule has 2 N–H and O–H groups in total. The van der Waals surface area contributed by atoms with E-state index in [2.05, 4.69) is 31.5 Å². The molecule has 0 aliphatic carbocycles. The van der Waals surface area contributed by atoms with Gasteiger partial charge in [-0.3, -0.25) is 24.7 Å². The van der Waals surface area contributed by atoms with Crippen LogP contribution in [-0.4, -0.2) is 83.0 Å². The first kappa shape index (κ1) is 24.4. The van der Waals surface area contributed by atoms with E-state index in [1.54, 1.807) is 35.2 Å². The van der Waals surface area contributed by atoms with Gasteiger partial charge in [0.05, 0.1) is 47.0 Å². The molecule has 2 aromatic rings. The van der Waals surface area contributed by atoms with E-state index in [0.717, 1.165) is 18.5 Å². The minimum Gasteiger partial charge on any atom is -0.387 e. The Balaban J connectivity index is 1.40. The van der Waals surface area contributed by atoms with Crippen LogP contribution in [0.5, 0.6) is 0 Å². The number of nitrogens with one attached hydrogen (secondary N) is 2. The molecule has 3 fully saturated rings. The first-order valence-corrected chi connectivity index (χ1v) is 12.7. The number of hydrogen-bond acceptors (Lipinski definition) is 8. The smallest absolute Gasteiger partial charge is 0.294 e. The molecule has 12 heteroatoms. The minimum absolute atomic E-state index is 0.00749. The summed E-state index contributed by atoms with van der Waals surface area (Å²) in [6, 6.07) is 4.51. The van der Waals surface area contributed by atoms with E-state index in [0.29, 0.717) is 42.8 Å². The molecule has 190 valence electrons. The SMILES string of the molecule is CNc1cncc(C(=O)N2CCC[C@@H](Nc3c(C(=O)N4C5COCC4C5)cc(Br)cc3[N+](=O)[O-])C2)c1. The van der Waals surface area contributed by atoms with Gasteiger partial charge in [-0.1, -0.05) is 15.9 Å². The lowest BCUT2D eigenvalue weighted by atomic mass is 9.90. The fourth-order valence-corrected chi connectivity index (χ4v) is 5.67. The third-order valence-electron chi connectivity index (χ3n) is 7.03. The highest BCUT2D eigenvalue weighted by atomic mass is 79.9. The normalized spacial score (nSPS) is 23.0. The molecular formula is C24H27BrN6O5. The van der Waals surface area contributed by atoms with Gasteiger partial charge in [0.15, 0.2) is 0 Å².